The molecule has 0 aliphatic heterocycles. The number of aliphatic hydroxyl groups excluding tert-OH is 1. The Morgan fingerprint density at radius 2 is 1.77 bits per heavy atom. The van der Waals surface area contributed by atoms with Crippen molar-refractivity contribution < 1.29 is 9.50 Å². The van der Waals surface area contributed by atoms with E-state index in [0.29, 0.717) is 6.42 Å². The predicted molar refractivity (Wildman–Crippen MR) is 54.7 cm³/mol. The number of alkyl halides is 1. The lowest BCUT2D eigenvalue weighted by Crippen LogP contribution is -1.95. The largest absolute Gasteiger partial charge is 0.396 e. The zero-order valence-corrected chi connectivity index (χ0v) is 8.85. The molecular formula is C10H12BrFO. The van der Waals surface area contributed by atoms with E-state index < -0.39 is 0 Å². The van der Waals surface area contributed by atoms with Crippen molar-refractivity contribution in [1.82, 2.24) is 0 Å². The molecule has 1 N–H and O–H groups in total. The molecule has 1 aromatic rings. The van der Waals surface area contributed by atoms with Crippen LogP contribution in [0.1, 0.15) is 11.1 Å². The van der Waals surface area contributed by atoms with Gasteiger partial charge >= 0.3 is 0 Å². The lowest BCUT2D eigenvalue weighted by Gasteiger charge is -2.03. The number of hydrogen-bond acceptors (Lipinski definition) is 1. The van der Waals surface area contributed by atoms with Gasteiger partial charge in [0.25, 0.3) is 0 Å². The number of aryl methyl sites for hydroxylation is 1. The van der Waals surface area contributed by atoms with Crippen molar-refractivity contribution >= 4 is 15.9 Å². The van der Waals surface area contributed by atoms with Crippen molar-refractivity contribution in [3.63, 3.8) is 0 Å². The Labute approximate surface area is 85.7 Å². The monoisotopic (exact) mass is 246 g/mol. The molecule has 72 valence electrons. The van der Waals surface area contributed by atoms with E-state index >= 15 is 0 Å². The zero-order chi connectivity index (χ0) is 9.68. The molecule has 13 heavy (non-hydrogen) atoms. The second kappa shape index (κ2) is 5.35. The summed E-state index contributed by atoms with van der Waals surface area (Å²) in [5, 5.41) is 9.53. The van der Waals surface area contributed by atoms with Crippen LogP contribution in [-0.2, 0) is 12.8 Å². The summed E-state index contributed by atoms with van der Waals surface area (Å²) in [4.78, 5) is 0. The Hall–Kier alpha value is -0.410. The van der Waals surface area contributed by atoms with Gasteiger partial charge in [0, 0.05) is 11.9 Å². The maximum absolute atomic E-state index is 13.0. The van der Waals surface area contributed by atoms with E-state index in [1.165, 1.54) is 12.1 Å². The lowest BCUT2D eigenvalue weighted by molar-refractivity contribution is 0.299. The summed E-state index contributed by atoms with van der Waals surface area (Å²) >= 11 is 3.30. The van der Waals surface area contributed by atoms with Gasteiger partial charge in [-0.25, -0.2) is 4.39 Å². The van der Waals surface area contributed by atoms with Crippen molar-refractivity contribution in [1.29, 1.82) is 0 Å². The third-order valence-corrected chi connectivity index (χ3v) is 2.20. The van der Waals surface area contributed by atoms with E-state index in [4.69, 9.17) is 5.11 Å². The minimum absolute atomic E-state index is 0.0667. The quantitative estimate of drug-likeness (QED) is 0.809. The zero-order valence-electron chi connectivity index (χ0n) is 7.26. The predicted octanol–water partition coefficient (Wildman–Crippen LogP) is 2.30. The SMILES string of the molecule is OCCc1cc(F)cc(CCBr)c1. The summed E-state index contributed by atoms with van der Waals surface area (Å²) in [6.07, 6.45) is 1.34. The Morgan fingerprint density at radius 3 is 2.31 bits per heavy atom. The van der Waals surface area contributed by atoms with Crippen molar-refractivity contribution in [3.05, 3.63) is 35.1 Å². The Bertz CT molecular complexity index is 251. The molecule has 0 saturated heterocycles. The summed E-state index contributed by atoms with van der Waals surface area (Å²) in [6.45, 7) is 0.0667. The van der Waals surface area contributed by atoms with Gasteiger partial charge in [-0.05, 0) is 36.1 Å². The normalized spacial score (nSPS) is 10.4. The maximum Gasteiger partial charge on any atom is 0.123 e. The maximum atomic E-state index is 13.0. The van der Waals surface area contributed by atoms with E-state index in [0.717, 1.165) is 22.9 Å². The molecule has 1 nitrogen and oxygen atoms in total. The molecule has 0 bridgehead atoms. The summed E-state index contributed by atoms with van der Waals surface area (Å²) in [7, 11) is 0. The molecule has 3 heteroatoms. The van der Waals surface area contributed by atoms with E-state index in [2.05, 4.69) is 15.9 Å². The first kappa shape index (κ1) is 10.7. The van der Waals surface area contributed by atoms with Crippen LogP contribution < -0.4 is 0 Å². The number of halogens is 2. The molecule has 1 aromatic carbocycles. The van der Waals surface area contributed by atoms with Gasteiger partial charge in [0.05, 0.1) is 0 Å². The van der Waals surface area contributed by atoms with Gasteiger partial charge in [-0.3, -0.25) is 0 Å². The third kappa shape index (κ3) is 3.44. The molecule has 0 aliphatic carbocycles. The number of benzene rings is 1. The fraction of sp³-hybridized carbons (Fsp3) is 0.400. The van der Waals surface area contributed by atoms with Crippen molar-refractivity contribution in [2.45, 2.75) is 12.8 Å². The summed E-state index contributed by atoms with van der Waals surface area (Å²) in [5.41, 5.74) is 1.83. The molecule has 0 heterocycles. The van der Waals surface area contributed by atoms with Crippen LogP contribution in [-0.4, -0.2) is 17.0 Å². The Kier molecular flexibility index (Phi) is 4.39. The highest BCUT2D eigenvalue weighted by Crippen LogP contribution is 2.11. The summed E-state index contributed by atoms with van der Waals surface area (Å²) < 4.78 is 13.0. The second-order valence-electron chi connectivity index (χ2n) is 2.88. The van der Waals surface area contributed by atoms with Crippen molar-refractivity contribution in [2.75, 3.05) is 11.9 Å². The smallest absolute Gasteiger partial charge is 0.123 e. The highest BCUT2D eigenvalue weighted by Gasteiger charge is 1.99. The van der Waals surface area contributed by atoms with Gasteiger partial charge in [-0.15, -0.1) is 0 Å². The average Bonchev–Trinajstić information content (AvgIpc) is 2.04. The lowest BCUT2D eigenvalue weighted by atomic mass is 10.1. The van der Waals surface area contributed by atoms with Gasteiger partial charge in [-0.1, -0.05) is 22.0 Å². The van der Waals surface area contributed by atoms with Crippen LogP contribution in [0.4, 0.5) is 4.39 Å². The van der Waals surface area contributed by atoms with Gasteiger partial charge in [0.1, 0.15) is 5.82 Å². The number of rotatable bonds is 4. The average molecular weight is 247 g/mol. The van der Waals surface area contributed by atoms with Gasteiger partial charge in [0.15, 0.2) is 0 Å². The molecule has 0 unspecified atom stereocenters. The van der Waals surface area contributed by atoms with E-state index in [9.17, 15) is 4.39 Å². The topological polar surface area (TPSA) is 20.2 Å². The first-order valence-electron chi connectivity index (χ1n) is 4.21. The molecule has 0 aliphatic rings. The Balaban J connectivity index is 2.83. The van der Waals surface area contributed by atoms with Crippen molar-refractivity contribution in [2.24, 2.45) is 0 Å². The number of aliphatic hydroxyl groups is 1. The van der Waals surface area contributed by atoms with E-state index in [-0.39, 0.29) is 12.4 Å². The standard InChI is InChI=1S/C10H12BrFO/c11-3-1-8-5-9(2-4-13)7-10(12)6-8/h5-7,13H,1-4H2. The van der Waals surface area contributed by atoms with Crippen LogP contribution in [0.2, 0.25) is 0 Å². The van der Waals surface area contributed by atoms with Gasteiger partial charge < -0.3 is 5.11 Å². The third-order valence-electron chi connectivity index (χ3n) is 1.80. The van der Waals surface area contributed by atoms with Crippen LogP contribution in [0.3, 0.4) is 0 Å². The molecule has 1 rings (SSSR count). The summed E-state index contributed by atoms with van der Waals surface area (Å²) in [6, 6.07) is 4.93. The van der Waals surface area contributed by atoms with Crippen molar-refractivity contribution in [3.8, 4) is 0 Å². The van der Waals surface area contributed by atoms with Crippen LogP contribution in [0.15, 0.2) is 18.2 Å². The fourth-order valence-corrected chi connectivity index (χ4v) is 1.70. The van der Waals surface area contributed by atoms with Crippen LogP contribution in [0, 0.1) is 5.82 Å². The van der Waals surface area contributed by atoms with E-state index in [1.807, 2.05) is 6.07 Å². The molecular weight excluding hydrogens is 235 g/mol. The molecule has 0 atom stereocenters. The molecule has 0 aromatic heterocycles. The second-order valence-corrected chi connectivity index (χ2v) is 3.67. The summed E-state index contributed by atoms with van der Waals surface area (Å²) in [5.74, 6) is -0.220. The highest BCUT2D eigenvalue weighted by atomic mass is 79.9. The molecule has 0 radical (unpaired) electrons. The number of hydrogen-bond donors (Lipinski definition) is 1. The Morgan fingerprint density at radius 1 is 1.15 bits per heavy atom. The van der Waals surface area contributed by atoms with Crippen LogP contribution in [0.5, 0.6) is 0 Å². The fourth-order valence-electron chi connectivity index (χ4n) is 1.24. The molecule has 0 spiro atoms. The van der Waals surface area contributed by atoms with Gasteiger partial charge in [-0.2, -0.15) is 0 Å². The van der Waals surface area contributed by atoms with E-state index in [1.54, 1.807) is 0 Å². The first-order chi connectivity index (χ1) is 6.26. The van der Waals surface area contributed by atoms with Gasteiger partial charge in [0.2, 0.25) is 0 Å². The first-order valence-corrected chi connectivity index (χ1v) is 5.33. The van der Waals surface area contributed by atoms with Crippen LogP contribution in [0.25, 0.3) is 0 Å². The molecule has 0 fully saturated rings. The molecule has 0 saturated carbocycles. The van der Waals surface area contributed by atoms with Crippen LogP contribution >= 0.6 is 15.9 Å². The minimum Gasteiger partial charge on any atom is -0.396 e. The minimum atomic E-state index is -0.220. The molecule has 0 amide bonds. The highest BCUT2D eigenvalue weighted by molar-refractivity contribution is 9.09.